The van der Waals surface area contributed by atoms with E-state index >= 15 is 0 Å². The average molecular weight is 271 g/mol. The first-order valence-electron chi connectivity index (χ1n) is 6.19. The van der Waals surface area contributed by atoms with Gasteiger partial charge in [-0.2, -0.15) is 0 Å². The lowest BCUT2D eigenvalue weighted by molar-refractivity contribution is -0.137. The number of benzene rings is 1. The molecule has 0 saturated heterocycles. The number of carboxylic acid groups (broad SMARTS) is 1. The zero-order valence-electron chi connectivity index (χ0n) is 10.9. The van der Waals surface area contributed by atoms with Crippen LogP contribution in [0.5, 0.6) is 0 Å². The first-order valence-corrected chi connectivity index (χ1v) is 6.19. The standard InChI is InChI=1S/C13H13N5O2/c1-17-11-5-3-2-4-9(11)14-13(17)10-8-18(16-15-10)7-6-12(19)20/h2-5,8H,6-7H2,1H3,(H,19,20). The molecule has 0 aliphatic carbocycles. The Hall–Kier alpha value is -2.70. The second kappa shape index (κ2) is 4.76. The van der Waals surface area contributed by atoms with Gasteiger partial charge in [0.25, 0.3) is 0 Å². The topological polar surface area (TPSA) is 85.8 Å². The van der Waals surface area contributed by atoms with Crippen LogP contribution in [0.25, 0.3) is 22.6 Å². The molecule has 0 aliphatic heterocycles. The van der Waals surface area contributed by atoms with Crippen molar-refractivity contribution in [3.63, 3.8) is 0 Å². The fourth-order valence-electron chi connectivity index (χ4n) is 2.09. The molecule has 1 aromatic carbocycles. The predicted molar refractivity (Wildman–Crippen MR) is 72.0 cm³/mol. The summed E-state index contributed by atoms with van der Waals surface area (Å²) in [6.07, 6.45) is 1.73. The lowest BCUT2D eigenvalue weighted by Crippen LogP contribution is -2.04. The molecule has 3 aromatic rings. The van der Waals surface area contributed by atoms with Crippen molar-refractivity contribution in [2.75, 3.05) is 0 Å². The summed E-state index contributed by atoms with van der Waals surface area (Å²) in [5, 5.41) is 16.6. The first kappa shape index (κ1) is 12.3. The summed E-state index contributed by atoms with van der Waals surface area (Å²) in [5.74, 6) is -0.141. The number of fused-ring (bicyclic) bond motifs is 1. The largest absolute Gasteiger partial charge is 0.481 e. The van der Waals surface area contributed by atoms with Crippen LogP contribution >= 0.6 is 0 Å². The van der Waals surface area contributed by atoms with Gasteiger partial charge in [-0.15, -0.1) is 5.10 Å². The van der Waals surface area contributed by atoms with E-state index in [0.717, 1.165) is 11.0 Å². The molecular formula is C13H13N5O2. The Kier molecular flexibility index (Phi) is 2.94. The number of hydrogen-bond donors (Lipinski definition) is 1. The monoisotopic (exact) mass is 271 g/mol. The lowest BCUT2D eigenvalue weighted by Gasteiger charge is -1.97. The molecule has 0 aliphatic rings. The van der Waals surface area contributed by atoms with E-state index in [9.17, 15) is 4.79 Å². The number of carbonyl (C=O) groups is 1. The summed E-state index contributed by atoms with van der Waals surface area (Å²) in [6, 6.07) is 7.81. The molecule has 0 saturated carbocycles. The lowest BCUT2D eigenvalue weighted by atomic mass is 10.3. The highest BCUT2D eigenvalue weighted by Crippen LogP contribution is 2.21. The summed E-state index contributed by atoms with van der Waals surface area (Å²) in [6.45, 7) is 0.298. The van der Waals surface area contributed by atoms with Gasteiger partial charge in [-0.05, 0) is 12.1 Å². The Labute approximate surface area is 114 Å². The molecule has 0 fully saturated rings. The Bertz CT molecular complexity index is 774. The molecule has 0 radical (unpaired) electrons. The van der Waals surface area contributed by atoms with E-state index in [1.807, 2.05) is 35.9 Å². The minimum Gasteiger partial charge on any atom is -0.481 e. The van der Waals surface area contributed by atoms with E-state index in [1.165, 1.54) is 4.68 Å². The molecule has 0 amide bonds. The zero-order chi connectivity index (χ0) is 14.1. The van der Waals surface area contributed by atoms with E-state index in [2.05, 4.69) is 15.3 Å². The second-order valence-electron chi connectivity index (χ2n) is 4.49. The van der Waals surface area contributed by atoms with Gasteiger partial charge in [0.1, 0.15) is 5.69 Å². The van der Waals surface area contributed by atoms with Crippen LogP contribution in [0.1, 0.15) is 6.42 Å². The minimum absolute atomic E-state index is 0.0192. The Morgan fingerprint density at radius 1 is 1.35 bits per heavy atom. The van der Waals surface area contributed by atoms with Crippen LogP contribution in [0.2, 0.25) is 0 Å². The van der Waals surface area contributed by atoms with Crippen molar-refractivity contribution >= 4 is 17.0 Å². The van der Waals surface area contributed by atoms with Gasteiger partial charge in [0.05, 0.1) is 30.2 Å². The molecule has 1 N–H and O–H groups in total. The van der Waals surface area contributed by atoms with Crippen molar-refractivity contribution in [1.29, 1.82) is 0 Å². The quantitative estimate of drug-likeness (QED) is 0.773. The number of imidazole rings is 1. The van der Waals surface area contributed by atoms with Gasteiger partial charge < -0.3 is 9.67 Å². The SMILES string of the molecule is Cn1c(-c2cn(CCC(=O)O)nn2)nc2ccccc21. The number of para-hydroxylation sites is 2. The number of aromatic nitrogens is 5. The maximum Gasteiger partial charge on any atom is 0.305 e. The number of carboxylic acids is 1. The Morgan fingerprint density at radius 2 is 2.15 bits per heavy atom. The molecule has 0 spiro atoms. The molecule has 20 heavy (non-hydrogen) atoms. The van der Waals surface area contributed by atoms with Gasteiger partial charge in [0.15, 0.2) is 5.82 Å². The van der Waals surface area contributed by atoms with E-state index in [-0.39, 0.29) is 6.42 Å². The van der Waals surface area contributed by atoms with Crippen LogP contribution in [0, 0.1) is 0 Å². The van der Waals surface area contributed by atoms with Crippen LogP contribution in [0.4, 0.5) is 0 Å². The summed E-state index contributed by atoms with van der Waals surface area (Å²) in [7, 11) is 1.92. The summed E-state index contributed by atoms with van der Waals surface area (Å²) >= 11 is 0. The van der Waals surface area contributed by atoms with Crippen molar-refractivity contribution in [1.82, 2.24) is 24.5 Å². The van der Waals surface area contributed by atoms with Crippen molar-refractivity contribution in [2.24, 2.45) is 7.05 Å². The smallest absolute Gasteiger partial charge is 0.305 e. The van der Waals surface area contributed by atoms with Gasteiger partial charge in [0.2, 0.25) is 0 Å². The third-order valence-corrected chi connectivity index (χ3v) is 3.11. The molecule has 102 valence electrons. The molecule has 3 rings (SSSR count). The molecule has 2 aromatic heterocycles. The molecule has 0 unspecified atom stereocenters. The summed E-state index contributed by atoms with van der Waals surface area (Å²) in [5.41, 5.74) is 2.54. The summed E-state index contributed by atoms with van der Waals surface area (Å²) in [4.78, 5) is 15.1. The van der Waals surface area contributed by atoms with Crippen molar-refractivity contribution < 1.29 is 9.90 Å². The first-order chi connectivity index (χ1) is 9.65. The van der Waals surface area contributed by atoms with Gasteiger partial charge in [-0.25, -0.2) is 4.98 Å². The van der Waals surface area contributed by atoms with Crippen LogP contribution in [0.15, 0.2) is 30.5 Å². The number of aryl methyl sites for hydroxylation is 2. The predicted octanol–water partition coefficient (Wildman–Crippen LogP) is 1.31. The van der Waals surface area contributed by atoms with Crippen LogP contribution in [-0.4, -0.2) is 35.6 Å². The Morgan fingerprint density at radius 3 is 2.90 bits per heavy atom. The van der Waals surface area contributed by atoms with E-state index in [4.69, 9.17) is 5.11 Å². The normalized spacial score (nSPS) is 11.1. The third-order valence-electron chi connectivity index (χ3n) is 3.11. The maximum atomic E-state index is 10.5. The molecule has 7 nitrogen and oxygen atoms in total. The Balaban J connectivity index is 1.95. The highest BCUT2D eigenvalue weighted by Gasteiger charge is 2.13. The van der Waals surface area contributed by atoms with Gasteiger partial charge in [-0.3, -0.25) is 9.48 Å². The second-order valence-corrected chi connectivity index (χ2v) is 4.49. The number of hydrogen-bond acceptors (Lipinski definition) is 4. The molecule has 0 bridgehead atoms. The van der Waals surface area contributed by atoms with E-state index < -0.39 is 5.97 Å². The minimum atomic E-state index is -0.857. The number of nitrogens with zero attached hydrogens (tertiary/aromatic N) is 5. The van der Waals surface area contributed by atoms with Crippen molar-refractivity contribution in [3.05, 3.63) is 30.5 Å². The third kappa shape index (κ3) is 2.13. The average Bonchev–Trinajstić information content (AvgIpc) is 3.02. The molecular weight excluding hydrogens is 258 g/mol. The van der Waals surface area contributed by atoms with Crippen LogP contribution in [-0.2, 0) is 18.4 Å². The molecule has 2 heterocycles. The van der Waals surface area contributed by atoms with E-state index in [1.54, 1.807) is 6.20 Å². The number of aliphatic carboxylic acids is 1. The maximum absolute atomic E-state index is 10.5. The van der Waals surface area contributed by atoms with Gasteiger partial charge >= 0.3 is 5.97 Å². The summed E-state index contributed by atoms with van der Waals surface area (Å²) < 4.78 is 3.46. The fraction of sp³-hybridized carbons (Fsp3) is 0.231. The highest BCUT2D eigenvalue weighted by atomic mass is 16.4. The van der Waals surface area contributed by atoms with Gasteiger partial charge in [-0.1, -0.05) is 17.3 Å². The molecule has 0 atom stereocenters. The van der Waals surface area contributed by atoms with Crippen LogP contribution in [0.3, 0.4) is 0 Å². The van der Waals surface area contributed by atoms with Crippen molar-refractivity contribution in [2.45, 2.75) is 13.0 Å². The van der Waals surface area contributed by atoms with E-state index in [0.29, 0.717) is 18.1 Å². The van der Waals surface area contributed by atoms with Crippen LogP contribution < -0.4 is 0 Å². The number of rotatable bonds is 4. The molecule has 7 heteroatoms. The van der Waals surface area contributed by atoms with Gasteiger partial charge in [0, 0.05) is 7.05 Å². The zero-order valence-corrected chi connectivity index (χ0v) is 10.9. The highest BCUT2D eigenvalue weighted by molar-refractivity contribution is 5.79. The van der Waals surface area contributed by atoms with Crippen molar-refractivity contribution in [3.8, 4) is 11.5 Å². The fourth-order valence-corrected chi connectivity index (χ4v) is 2.09.